The number of benzene rings is 1. The van der Waals surface area contributed by atoms with Crippen LogP contribution >= 0.6 is 0 Å². The summed E-state index contributed by atoms with van der Waals surface area (Å²) in [5, 5.41) is 3.55. The average Bonchev–Trinajstić information content (AvgIpc) is 2.87. The molecule has 104 valence electrons. The molecule has 2 aliphatic rings. The second-order valence-corrected chi connectivity index (χ2v) is 5.63. The molecule has 2 fully saturated rings. The highest BCUT2D eigenvalue weighted by Gasteiger charge is 2.40. The maximum atomic E-state index is 6.44. The van der Waals surface area contributed by atoms with Crippen LogP contribution in [0.3, 0.4) is 0 Å². The molecule has 1 saturated carbocycles. The van der Waals surface area contributed by atoms with Crippen LogP contribution in [0.4, 0.5) is 0 Å². The topological polar surface area (TPSA) is 30.5 Å². The van der Waals surface area contributed by atoms with Gasteiger partial charge in [0.15, 0.2) is 0 Å². The lowest BCUT2D eigenvalue weighted by Crippen LogP contribution is -2.49. The number of nitrogens with one attached hydrogen (secondary N) is 1. The molecule has 1 N–H and O–H groups in total. The SMILES string of the molecule is CCOc1cccc(C2CNCC3(CCCC3)O2)c1. The van der Waals surface area contributed by atoms with E-state index in [0.717, 1.165) is 18.8 Å². The zero-order valence-electron chi connectivity index (χ0n) is 11.7. The van der Waals surface area contributed by atoms with E-state index in [4.69, 9.17) is 9.47 Å². The number of rotatable bonds is 3. The Morgan fingerprint density at radius 3 is 3.00 bits per heavy atom. The molecule has 3 rings (SSSR count). The van der Waals surface area contributed by atoms with Crippen LogP contribution < -0.4 is 10.1 Å². The van der Waals surface area contributed by atoms with E-state index in [-0.39, 0.29) is 11.7 Å². The van der Waals surface area contributed by atoms with Crippen LogP contribution in [0.2, 0.25) is 0 Å². The molecular formula is C16H23NO2. The third-order valence-electron chi connectivity index (χ3n) is 4.22. The molecule has 1 unspecified atom stereocenters. The molecule has 0 aromatic heterocycles. The van der Waals surface area contributed by atoms with E-state index in [9.17, 15) is 0 Å². The second-order valence-electron chi connectivity index (χ2n) is 5.63. The Morgan fingerprint density at radius 2 is 2.21 bits per heavy atom. The molecule has 1 aliphatic carbocycles. The highest BCUT2D eigenvalue weighted by atomic mass is 16.5. The van der Waals surface area contributed by atoms with Crippen LogP contribution in [-0.2, 0) is 4.74 Å². The maximum Gasteiger partial charge on any atom is 0.119 e. The van der Waals surface area contributed by atoms with Crippen LogP contribution in [0.15, 0.2) is 24.3 Å². The van der Waals surface area contributed by atoms with Gasteiger partial charge in [-0.3, -0.25) is 0 Å². The minimum Gasteiger partial charge on any atom is -0.494 e. The van der Waals surface area contributed by atoms with Crippen molar-refractivity contribution in [2.24, 2.45) is 0 Å². The number of ether oxygens (including phenoxy) is 2. The molecule has 1 aromatic rings. The molecule has 19 heavy (non-hydrogen) atoms. The van der Waals surface area contributed by atoms with Gasteiger partial charge in [0.2, 0.25) is 0 Å². The lowest BCUT2D eigenvalue weighted by molar-refractivity contribution is -0.114. The largest absolute Gasteiger partial charge is 0.494 e. The van der Waals surface area contributed by atoms with Crippen molar-refractivity contribution in [1.29, 1.82) is 0 Å². The summed E-state index contributed by atoms with van der Waals surface area (Å²) in [5.41, 5.74) is 1.31. The zero-order chi connectivity index (χ0) is 13.1. The van der Waals surface area contributed by atoms with E-state index >= 15 is 0 Å². The Morgan fingerprint density at radius 1 is 1.37 bits per heavy atom. The van der Waals surface area contributed by atoms with Crippen LogP contribution in [0.1, 0.15) is 44.3 Å². The first-order valence-corrected chi connectivity index (χ1v) is 7.43. The normalized spacial score (nSPS) is 25.6. The van der Waals surface area contributed by atoms with E-state index in [2.05, 4.69) is 23.5 Å². The van der Waals surface area contributed by atoms with Crippen LogP contribution in [0.5, 0.6) is 5.75 Å². The fraction of sp³-hybridized carbons (Fsp3) is 0.625. The summed E-state index contributed by atoms with van der Waals surface area (Å²) in [6.07, 6.45) is 5.15. The van der Waals surface area contributed by atoms with Crippen molar-refractivity contribution in [2.45, 2.75) is 44.3 Å². The summed E-state index contributed by atoms with van der Waals surface area (Å²) in [6, 6.07) is 8.32. The second kappa shape index (κ2) is 5.51. The molecule has 1 aromatic carbocycles. The van der Waals surface area contributed by atoms with Gasteiger partial charge in [-0.1, -0.05) is 25.0 Å². The van der Waals surface area contributed by atoms with Gasteiger partial charge in [-0.05, 0) is 37.5 Å². The summed E-state index contributed by atoms with van der Waals surface area (Å²) in [7, 11) is 0. The van der Waals surface area contributed by atoms with Crippen LogP contribution in [0, 0.1) is 0 Å². The first kappa shape index (κ1) is 12.9. The van der Waals surface area contributed by atoms with Crippen molar-refractivity contribution in [1.82, 2.24) is 5.32 Å². The molecule has 1 heterocycles. The van der Waals surface area contributed by atoms with Gasteiger partial charge >= 0.3 is 0 Å². The van der Waals surface area contributed by atoms with Crippen molar-refractivity contribution < 1.29 is 9.47 Å². The highest BCUT2D eigenvalue weighted by Crippen LogP contribution is 2.39. The molecule has 1 saturated heterocycles. The predicted octanol–water partition coefficient (Wildman–Crippen LogP) is 3.06. The van der Waals surface area contributed by atoms with Crippen molar-refractivity contribution >= 4 is 0 Å². The molecule has 3 heteroatoms. The molecule has 1 aliphatic heterocycles. The Kier molecular flexibility index (Phi) is 3.76. The molecule has 1 atom stereocenters. The van der Waals surface area contributed by atoms with Gasteiger partial charge in [-0.2, -0.15) is 0 Å². The Hall–Kier alpha value is -1.06. The molecule has 0 radical (unpaired) electrons. The average molecular weight is 261 g/mol. The summed E-state index contributed by atoms with van der Waals surface area (Å²) >= 11 is 0. The van der Waals surface area contributed by atoms with Crippen molar-refractivity contribution in [3.05, 3.63) is 29.8 Å². The fourth-order valence-corrected chi connectivity index (χ4v) is 3.29. The molecule has 3 nitrogen and oxygen atoms in total. The third kappa shape index (κ3) is 2.77. The van der Waals surface area contributed by atoms with Gasteiger partial charge in [-0.15, -0.1) is 0 Å². The summed E-state index contributed by atoms with van der Waals surface area (Å²) in [6.45, 7) is 4.63. The summed E-state index contributed by atoms with van der Waals surface area (Å²) < 4.78 is 12.0. The lowest BCUT2D eigenvalue weighted by Gasteiger charge is -2.39. The van der Waals surface area contributed by atoms with E-state index < -0.39 is 0 Å². The number of morpholine rings is 1. The van der Waals surface area contributed by atoms with E-state index in [1.807, 2.05) is 13.0 Å². The molecule has 0 amide bonds. The van der Waals surface area contributed by atoms with E-state index in [1.54, 1.807) is 0 Å². The first-order chi connectivity index (χ1) is 9.31. The Balaban J connectivity index is 1.75. The van der Waals surface area contributed by atoms with Crippen LogP contribution in [0.25, 0.3) is 0 Å². The summed E-state index contributed by atoms with van der Waals surface area (Å²) in [5.74, 6) is 0.939. The molecule has 0 bridgehead atoms. The van der Waals surface area contributed by atoms with Gasteiger partial charge in [0.05, 0.1) is 18.3 Å². The Bertz CT molecular complexity index is 427. The van der Waals surface area contributed by atoms with E-state index in [1.165, 1.54) is 31.2 Å². The minimum atomic E-state index is 0.0878. The van der Waals surface area contributed by atoms with Gasteiger partial charge in [0, 0.05) is 13.1 Å². The highest BCUT2D eigenvalue weighted by molar-refractivity contribution is 5.30. The van der Waals surface area contributed by atoms with Crippen molar-refractivity contribution in [3.63, 3.8) is 0 Å². The summed E-state index contributed by atoms with van der Waals surface area (Å²) in [4.78, 5) is 0. The monoisotopic (exact) mass is 261 g/mol. The quantitative estimate of drug-likeness (QED) is 0.907. The molecule has 1 spiro atoms. The van der Waals surface area contributed by atoms with Gasteiger partial charge < -0.3 is 14.8 Å². The van der Waals surface area contributed by atoms with E-state index in [0.29, 0.717) is 6.61 Å². The fourth-order valence-electron chi connectivity index (χ4n) is 3.29. The van der Waals surface area contributed by atoms with Crippen LogP contribution in [-0.4, -0.2) is 25.3 Å². The van der Waals surface area contributed by atoms with Crippen molar-refractivity contribution in [2.75, 3.05) is 19.7 Å². The Labute approximate surface area is 115 Å². The zero-order valence-corrected chi connectivity index (χ0v) is 11.7. The van der Waals surface area contributed by atoms with Gasteiger partial charge in [0.1, 0.15) is 5.75 Å². The van der Waals surface area contributed by atoms with Gasteiger partial charge in [-0.25, -0.2) is 0 Å². The maximum absolute atomic E-state index is 6.44. The first-order valence-electron chi connectivity index (χ1n) is 7.43. The minimum absolute atomic E-state index is 0.0878. The number of hydrogen-bond acceptors (Lipinski definition) is 3. The third-order valence-corrected chi connectivity index (χ3v) is 4.22. The lowest BCUT2D eigenvalue weighted by atomic mass is 9.97. The molecular weight excluding hydrogens is 238 g/mol. The predicted molar refractivity (Wildman–Crippen MR) is 75.5 cm³/mol. The smallest absolute Gasteiger partial charge is 0.119 e. The van der Waals surface area contributed by atoms with Gasteiger partial charge in [0.25, 0.3) is 0 Å². The van der Waals surface area contributed by atoms with Crippen molar-refractivity contribution in [3.8, 4) is 5.75 Å². The standard InChI is InChI=1S/C16H23NO2/c1-2-18-14-7-5-6-13(10-14)15-11-17-12-16(19-15)8-3-4-9-16/h5-7,10,15,17H,2-4,8-9,11-12H2,1H3. The number of hydrogen-bond donors (Lipinski definition) is 1.